The van der Waals surface area contributed by atoms with Gasteiger partial charge in [-0.1, -0.05) is 41.9 Å². The Kier molecular flexibility index (Phi) is 3.70. The molecule has 0 atom stereocenters. The first-order valence-electron chi connectivity index (χ1n) is 6.87. The van der Waals surface area contributed by atoms with Gasteiger partial charge in [0.15, 0.2) is 0 Å². The highest BCUT2D eigenvalue weighted by Crippen LogP contribution is 2.32. The summed E-state index contributed by atoms with van der Waals surface area (Å²) >= 11 is 6.15. The molecule has 3 aromatic rings. The van der Waals surface area contributed by atoms with Crippen molar-refractivity contribution in [3.63, 3.8) is 0 Å². The van der Waals surface area contributed by atoms with E-state index in [1.807, 2.05) is 42.5 Å². The second-order valence-electron chi connectivity index (χ2n) is 5.08. The Morgan fingerprint density at radius 1 is 1.18 bits per heavy atom. The Hall–Kier alpha value is -2.57. The average Bonchev–Trinajstić information content (AvgIpc) is 2.53. The van der Waals surface area contributed by atoms with Crippen LogP contribution in [0.4, 0.5) is 0 Å². The molecule has 1 aromatic heterocycles. The highest BCUT2D eigenvalue weighted by atomic mass is 35.5. The number of hydrogen-bond donors (Lipinski definition) is 0. The smallest absolute Gasteiger partial charge is 0.255 e. The van der Waals surface area contributed by atoms with Crippen molar-refractivity contribution in [3.8, 4) is 17.2 Å². The number of aryl methyl sites for hydroxylation is 1. The largest absolute Gasteiger partial charge is 0.311 e. The summed E-state index contributed by atoms with van der Waals surface area (Å²) in [6.45, 7) is 0. The number of pyridine rings is 1. The van der Waals surface area contributed by atoms with Crippen LogP contribution in [0.25, 0.3) is 22.0 Å². The first-order chi connectivity index (χ1) is 10.6. The van der Waals surface area contributed by atoms with Gasteiger partial charge >= 0.3 is 0 Å². The maximum absolute atomic E-state index is 12.6. The molecule has 0 aliphatic carbocycles. The molecule has 0 aliphatic rings. The zero-order chi connectivity index (χ0) is 15.7. The number of nitriles is 1. The van der Waals surface area contributed by atoms with Gasteiger partial charge in [0, 0.05) is 28.6 Å². The summed E-state index contributed by atoms with van der Waals surface area (Å²) in [5, 5.41) is 10.6. The fraction of sp³-hybridized carbons (Fsp3) is 0.111. The van der Waals surface area contributed by atoms with E-state index in [-0.39, 0.29) is 12.0 Å². The van der Waals surface area contributed by atoms with Crippen molar-refractivity contribution < 1.29 is 0 Å². The number of fused-ring (bicyclic) bond motifs is 1. The van der Waals surface area contributed by atoms with Crippen LogP contribution in [-0.2, 0) is 13.5 Å². The first-order valence-corrected chi connectivity index (χ1v) is 7.24. The molecule has 0 amide bonds. The van der Waals surface area contributed by atoms with E-state index in [1.54, 1.807) is 17.7 Å². The van der Waals surface area contributed by atoms with Crippen LogP contribution >= 0.6 is 11.6 Å². The van der Waals surface area contributed by atoms with Crippen molar-refractivity contribution in [2.24, 2.45) is 7.05 Å². The van der Waals surface area contributed by atoms with Gasteiger partial charge in [0.25, 0.3) is 5.56 Å². The van der Waals surface area contributed by atoms with Crippen molar-refractivity contribution in [1.29, 1.82) is 5.26 Å². The lowest BCUT2D eigenvalue weighted by molar-refractivity contribution is 0.887. The van der Waals surface area contributed by atoms with Gasteiger partial charge in [-0.25, -0.2) is 0 Å². The molecule has 3 rings (SSSR count). The van der Waals surface area contributed by atoms with E-state index in [0.717, 1.165) is 22.0 Å². The number of rotatable bonds is 2. The monoisotopic (exact) mass is 308 g/mol. The summed E-state index contributed by atoms with van der Waals surface area (Å²) in [7, 11) is 1.72. The Morgan fingerprint density at radius 2 is 1.91 bits per heavy atom. The quantitative estimate of drug-likeness (QED) is 0.720. The molecular weight excluding hydrogens is 296 g/mol. The third kappa shape index (κ3) is 2.28. The second kappa shape index (κ2) is 5.67. The van der Waals surface area contributed by atoms with E-state index in [4.69, 9.17) is 16.9 Å². The minimum Gasteiger partial charge on any atom is -0.311 e. The van der Waals surface area contributed by atoms with Crippen molar-refractivity contribution in [2.75, 3.05) is 0 Å². The molecule has 0 bridgehead atoms. The van der Waals surface area contributed by atoms with Gasteiger partial charge in [-0.3, -0.25) is 4.79 Å². The molecule has 0 saturated heterocycles. The normalized spacial score (nSPS) is 10.6. The van der Waals surface area contributed by atoms with E-state index in [9.17, 15) is 4.79 Å². The van der Waals surface area contributed by atoms with Gasteiger partial charge in [-0.15, -0.1) is 0 Å². The van der Waals surface area contributed by atoms with Gasteiger partial charge in [-0.05, 0) is 23.8 Å². The molecule has 0 fully saturated rings. The molecule has 108 valence electrons. The Balaban J connectivity index is 2.54. The van der Waals surface area contributed by atoms with Crippen LogP contribution in [0.2, 0.25) is 5.02 Å². The van der Waals surface area contributed by atoms with E-state index in [1.165, 1.54) is 0 Å². The molecule has 0 saturated carbocycles. The van der Waals surface area contributed by atoms with Crippen LogP contribution in [0, 0.1) is 11.3 Å². The second-order valence-corrected chi connectivity index (χ2v) is 5.52. The van der Waals surface area contributed by atoms with E-state index >= 15 is 0 Å². The average molecular weight is 309 g/mol. The molecule has 22 heavy (non-hydrogen) atoms. The Bertz CT molecular complexity index is 953. The van der Waals surface area contributed by atoms with Crippen LogP contribution in [-0.4, -0.2) is 4.57 Å². The molecule has 0 radical (unpaired) electrons. The predicted octanol–water partition coefficient (Wildman–Crippen LogP) is 3.92. The van der Waals surface area contributed by atoms with Gasteiger partial charge < -0.3 is 4.57 Å². The summed E-state index contributed by atoms with van der Waals surface area (Å²) in [4.78, 5) is 12.6. The van der Waals surface area contributed by atoms with Crippen molar-refractivity contribution in [2.45, 2.75) is 6.42 Å². The molecule has 2 aromatic carbocycles. The van der Waals surface area contributed by atoms with E-state index in [0.29, 0.717) is 10.6 Å². The highest BCUT2D eigenvalue weighted by molar-refractivity contribution is 6.31. The van der Waals surface area contributed by atoms with Crippen molar-refractivity contribution in [1.82, 2.24) is 4.57 Å². The predicted molar refractivity (Wildman–Crippen MR) is 89.0 cm³/mol. The van der Waals surface area contributed by atoms with Crippen molar-refractivity contribution >= 4 is 22.5 Å². The Labute approximate surface area is 133 Å². The SMILES string of the molecule is Cn1c(=O)c(CC#N)c(-c2ccccc2)c2cc(Cl)ccc21. The van der Waals surface area contributed by atoms with Crippen LogP contribution < -0.4 is 5.56 Å². The molecular formula is C18H13ClN2O. The zero-order valence-electron chi connectivity index (χ0n) is 12.0. The van der Waals surface area contributed by atoms with Gasteiger partial charge in [0.05, 0.1) is 18.0 Å². The van der Waals surface area contributed by atoms with Gasteiger partial charge in [0.2, 0.25) is 0 Å². The highest BCUT2D eigenvalue weighted by Gasteiger charge is 2.16. The molecule has 0 spiro atoms. The topological polar surface area (TPSA) is 45.8 Å². The van der Waals surface area contributed by atoms with Crippen molar-refractivity contribution in [3.05, 3.63) is 69.5 Å². The minimum absolute atomic E-state index is 0.0688. The maximum Gasteiger partial charge on any atom is 0.255 e. The fourth-order valence-electron chi connectivity index (χ4n) is 2.76. The minimum atomic E-state index is -0.143. The van der Waals surface area contributed by atoms with Gasteiger partial charge in [-0.2, -0.15) is 5.26 Å². The summed E-state index contributed by atoms with van der Waals surface area (Å²) in [5.41, 5.74) is 2.87. The van der Waals surface area contributed by atoms with E-state index < -0.39 is 0 Å². The van der Waals surface area contributed by atoms with Crippen LogP contribution in [0.3, 0.4) is 0 Å². The summed E-state index contributed by atoms with van der Waals surface area (Å²) in [5.74, 6) is 0. The molecule has 3 nitrogen and oxygen atoms in total. The maximum atomic E-state index is 12.6. The number of halogens is 1. The standard InChI is InChI=1S/C18H13ClN2O/c1-21-16-8-7-13(19)11-15(16)17(12-5-3-2-4-6-12)14(9-10-20)18(21)22/h2-8,11H,9H2,1H3. The molecule has 1 heterocycles. The molecule has 0 unspecified atom stereocenters. The van der Waals surface area contributed by atoms with Crippen LogP contribution in [0.1, 0.15) is 5.56 Å². The number of benzene rings is 2. The summed E-state index contributed by atoms with van der Waals surface area (Å²) in [6.07, 6.45) is 0.0688. The van der Waals surface area contributed by atoms with Crippen LogP contribution in [0.15, 0.2) is 53.3 Å². The van der Waals surface area contributed by atoms with Gasteiger partial charge in [0.1, 0.15) is 0 Å². The lowest BCUT2D eigenvalue weighted by Crippen LogP contribution is -2.22. The molecule has 0 N–H and O–H groups in total. The first kappa shape index (κ1) is 14.4. The number of aromatic nitrogens is 1. The molecule has 4 heteroatoms. The third-order valence-electron chi connectivity index (χ3n) is 3.77. The summed E-state index contributed by atoms with van der Waals surface area (Å²) in [6, 6.07) is 17.2. The fourth-order valence-corrected chi connectivity index (χ4v) is 2.93. The van der Waals surface area contributed by atoms with Crippen LogP contribution in [0.5, 0.6) is 0 Å². The lowest BCUT2D eigenvalue weighted by Gasteiger charge is -2.15. The third-order valence-corrected chi connectivity index (χ3v) is 4.01. The number of hydrogen-bond acceptors (Lipinski definition) is 2. The zero-order valence-corrected chi connectivity index (χ0v) is 12.8. The lowest BCUT2D eigenvalue weighted by atomic mass is 9.94. The molecule has 0 aliphatic heterocycles. The van der Waals surface area contributed by atoms with E-state index in [2.05, 4.69) is 6.07 Å². The summed E-state index contributed by atoms with van der Waals surface area (Å²) < 4.78 is 1.57. The Morgan fingerprint density at radius 3 is 2.59 bits per heavy atom. The number of nitrogens with zero attached hydrogens (tertiary/aromatic N) is 2.